The summed E-state index contributed by atoms with van der Waals surface area (Å²) in [5.74, 6) is 5.69. The maximum atomic E-state index is 6.31. The molecule has 0 bridgehead atoms. The minimum absolute atomic E-state index is 0.0484. The molecule has 3 aromatic rings. The van der Waals surface area contributed by atoms with Gasteiger partial charge in [-0.25, -0.2) is 4.98 Å². The Balaban J connectivity index is 1.88. The number of hydrogen-bond acceptors (Lipinski definition) is 4. The van der Waals surface area contributed by atoms with Gasteiger partial charge in [0.25, 0.3) is 0 Å². The van der Waals surface area contributed by atoms with Crippen molar-refractivity contribution in [2.24, 2.45) is 5.84 Å². The Labute approximate surface area is 126 Å². The zero-order valence-electron chi connectivity index (χ0n) is 11.0. The maximum absolute atomic E-state index is 6.31. The SMILES string of the molecule is Cc1ccc(C(Cc2cn3ccsc3n2)NN)c(Cl)c1. The van der Waals surface area contributed by atoms with Crippen LogP contribution in [0.4, 0.5) is 0 Å². The average molecular weight is 307 g/mol. The molecule has 0 saturated heterocycles. The fourth-order valence-corrected chi connectivity index (χ4v) is 3.34. The van der Waals surface area contributed by atoms with E-state index in [4.69, 9.17) is 17.4 Å². The van der Waals surface area contributed by atoms with Crippen molar-refractivity contribution in [2.45, 2.75) is 19.4 Å². The third-order valence-electron chi connectivity index (χ3n) is 3.29. The third kappa shape index (κ3) is 2.58. The molecule has 0 saturated carbocycles. The number of benzene rings is 1. The van der Waals surface area contributed by atoms with Crippen LogP contribution in [0.5, 0.6) is 0 Å². The minimum Gasteiger partial charge on any atom is -0.297 e. The van der Waals surface area contributed by atoms with Gasteiger partial charge in [0.1, 0.15) is 0 Å². The second-order valence-corrected chi connectivity index (χ2v) is 6.05. The summed E-state index contributed by atoms with van der Waals surface area (Å²) in [5.41, 5.74) is 5.96. The summed E-state index contributed by atoms with van der Waals surface area (Å²) in [6.07, 6.45) is 4.73. The highest BCUT2D eigenvalue weighted by atomic mass is 35.5. The summed E-state index contributed by atoms with van der Waals surface area (Å²) in [4.78, 5) is 5.57. The summed E-state index contributed by atoms with van der Waals surface area (Å²) >= 11 is 7.93. The van der Waals surface area contributed by atoms with Gasteiger partial charge in [0, 0.05) is 29.2 Å². The molecule has 0 radical (unpaired) electrons. The molecular weight excluding hydrogens is 292 g/mol. The first-order valence-electron chi connectivity index (χ1n) is 6.30. The molecule has 0 fully saturated rings. The van der Waals surface area contributed by atoms with Crippen molar-refractivity contribution in [3.05, 3.63) is 57.8 Å². The molecule has 104 valence electrons. The predicted molar refractivity (Wildman–Crippen MR) is 83.0 cm³/mol. The normalized spacial score (nSPS) is 12.9. The molecule has 3 N–H and O–H groups in total. The van der Waals surface area contributed by atoms with E-state index >= 15 is 0 Å². The lowest BCUT2D eigenvalue weighted by atomic mass is 10.0. The Morgan fingerprint density at radius 3 is 3.05 bits per heavy atom. The van der Waals surface area contributed by atoms with Crippen molar-refractivity contribution in [3.63, 3.8) is 0 Å². The molecule has 1 aromatic carbocycles. The van der Waals surface area contributed by atoms with Gasteiger partial charge in [0.2, 0.25) is 0 Å². The van der Waals surface area contributed by atoms with Crippen LogP contribution in [-0.4, -0.2) is 9.38 Å². The number of imidazole rings is 1. The van der Waals surface area contributed by atoms with Crippen LogP contribution >= 0.6 is 22.9 Å². The smallest absolute Gasteiger partial charge is 0.193 e. The van der Waals surface area contributed by atoms with Gasteiger partial charge in [-0.2, -0.15) is 0 Å². The molecule has 1 unspecified atom stereocenters. The summed E-state index contributed by atoms with van der Waals surface area (Å²) in [6.45, 7) is 2.02. The summed E-state index contributed by atoms with van der Waals surface area (Å²) < 4.78 is 2.02. The molecular formula is C14H15ClN4S. The Bertz CT molecular complexity index is 705. The number of nitrogens with one attached hydrogen (secondary N) is 1. The Morgan fingerprint density at radius 1 is 1.50 bits per heavy atom. The van der Waals surface area contributed by atoms with Gasteiger partial charge < -0.3 is 0 Å². The monoisotopic (exact) mass is 306 g/mol. The number of nitrogens with two attached hydrogens (primary N) is 1. The highest BCUT2D eigenvalue weighted by Gasteiger charge is 2.16. The van der Waals surface area contributed by atoms with E-state index in [-0.39, 0.29) is 6.04 Å². The quantitative estimate of drug-likeness (QED) is 0.575. The average Bonchev–Trinajstić information content (AvgIpc) is 2.97. The molecule has 0 aliphatic rings. The van der Waals surface area contributed by atoms with Gasteiger partial charge in [0.05, 0.1) is 11.7 Å². The van der Waals surface area contributed by atoms with E-state index in [0.29, 0.717) is 6.42 Å². The van der Waals surface area contributed by atoms with Crippen LogP contribution in [0.25, 0.3) is 4.96 Å². The Hall–Kier alpha value is -1.40. The zero-order valence-corrected chi connectivity index (χ0v) is 12.6. The molecule has 0 aliphatic heterocycles. The molecule has 1 atom stereocenters. The highest BCUT2D eigenvalue weighted by molar-refractivity contribution is 7.15. The van der Waals surface area contributed by atoms with Crippen molar-refractivity contribution in [1.82, 2.24) is 14.8 Å². The summed E-state index contributed by atoms with van der Waals surface area (Å²) in [6, 6.07) is 5.96. The number of aryl methyl sites for hydroxylation is 1. The first-order chi connectivity index (χ1) is 9.67. The molecule has 0 spiro atoms. The van der Waals surface area contributed by atoms with Crippen LogP contribution in [-0.2, 0) is 6.42 Å². The molecule has 2 aromatic heterocycles. The second-order valence-electron chi connectivity index (χ2n) is 4.77. The second kappa shape index (κ2) is 5.54. The summed E-state index contributed by atoms with van der Waals surface area (Å²) in [5, 5.41) is 2.75. The topological polar surface area (TPSA) is 55.3 Å². The zero-order chi connectivity index (χ0) is 14.1. The van der Waals surface area contributed by atoms with Crippen molar-refractivity contribution in [3.8, 4) is 0 Å². The lowest BCUT2D eigenvalue weighted by Gasteiger charge is -2.17. The van der Waals surface area contributed by atoms with E-state index in [9.17, 15) is 0 Å². The number of nitrogens with zero attached hydrogens (tertiary/aromatic N) is 2. The first-order valence-corrected chi connectivity index (χ1v) is 7.56. The lowest BCUT2D eigenvalue weighted by molar-refractivity contribution is 0.547. The van der Waals surface area contributed by atoms with Gasteiger partial charge in [-0.3, -0.25) is 15.7 Å². The molecule has 0 aliphatic carbocycles. The van der Waals surface area contributed by atoms with Crippen LogP contribution in [0.15, 0.2) is 36.0 Å². The van der Waals surface area contributed by atoms with Crippen LogP contribution in [0.3, 0.4) is 0 Å². The standard InChI is InChI=1S/C14H15ClN4S/c1-9-2-3-11(12(15)6-9)13(18-16)7-10-8-19-4-5-20-14(19)17-10/h2-6,8,13,18H,7,16H2,1H3. The molecule has 6 heteroatoms. The van der Waals surface area contributed by atoms with Gasteiger partial charge in [0.15, 0.2) is 4.96 Å². The van der Waals surface area contributed by atoms with Crippen LogP contribution in [0, 0.1) is 6.92 Å². The van der Waals surface area contributed by atoms with Gasteiger partial charge in [-0.05, 0) is 24.1 Å². The number of aromatic nitrogens is 2. The van der Waals surface area contributed by atoms with Crippen molar-refractivity contribution >= 4 is 27.9 Å². The van der Waals surface area contributed by atoms with Crippen LogP contribution in [0.1, 0.15) is 22.9 Å². The van der Waals surface area contributed by atoms with Crippen LogP contribution < -0.4 is 11.3 Å². The Morgan fingerprint density at radius 2 is 2.35 bits per heavy atom. The highest BCUT2D eigenvalue weighted by Crippen LogP contribution is 2.26. The van der Waals surface area contributed by atoms with E-state index in [1.165, 1.54) is 0 Å². The molecule has 0 amide bonds. The van der Waals surface area contributed by atoms with Crippen molar-refractivity contribution < 1.29 is 0 Å². The van der Waals surface area contributed by atoms with Gasteiger partial charge >= 0.3 is 0 Å². The van der Waals surface area contributed by atoms with Crippen LogP contribution in [0.2, 0.25) is 5.02 Å². The van der Waals surface area contributed by atoms with E-state index in [1.807, 2.05) is 47.3 Å². The third-order valence-corrected chi connectivity index (χ3v) is 4.39. The van der Waals surface area contributed by atoms with Gasteiger partial charge in [-0.15, -0.1) is 11.3 Å². The van der Waals surface area contributed by atoms with Crippen molar-refractivity contribution in [1.29, 1.82) is 0 Å². The molecule has 2 heterocycles. The number of halogens is 1. The van der Waals surface area contributed by atoms with Gasteiger partial charge in [-0.1, -0.05) is 23.7 Å². The van der Waals surface area contributed by atoms with E-state index in [1.54, 1.807) is 11.3 Å². The van der Waals surface area contributed by atoms with E-state index in [2.05, 4.69) is 10.4 Å². The molecule has 4 nitrogen and oxygen atoms in total. The number of thiazole rings is 1. The fourth-order valence-electron chi connectivity index (χ4n) is 2.26. The number of fused-ring (bicyclic) bond motifs is 1. The van der Waals surface area contributed by atoms with E-state index in [0.717, 1.165) is 26.8 Å². The van der Waals surface area contributed by atoms with E-state index < -0.39 is 0 Å². The summed E-state index contributed by atoms with van der Waals surface area (Å²) in [7, 11) is 0. The molecule has 20 heavy (non-hydrogen) atoms. The number of hydrogen-bond donors (Lipinski definition) is 2. The number of rotatable bonds is 4. The maximum Gasteiger partial charge on any atom is 0.193 e. The fraction of sp³-hybridized carbons (Fsp3) is 0.214. The lowest BCUT2D eigenvalue weighted by Crippen LogP contribution is -2.29. The Kier molecular flexibility index (Phi) is 3.76. The minimum atomic E-state index is -0.0484. The molecule has 3 rings (SSSR count). The van der Waals surface area contributed by atoms with Crippen molar-refractivity contribution in [2.75, 3.05) is 0 Å². The predicted octanol–water partition coefficient (Wildman–Crippen LogP) is 3.10. The number of hydrazine groups is 1. The largest absolute Gasteiger partial charge is 0.297 e. The first kappa shape index (κ1) is 13.6.